The quantitative estimate of drug-likeness (QED) is 0.400. The van der Waals surface area contributed by atoms with E-state index in [0.29, 0.717) is 30.9 Å². The van der Waals surface area contributed by atoms with Crippen LogP contribution in [0.2, 0.25) is 0 Å². The number of phenolic OH excluding ortho intramolecular Hbond substituents is 1. The number of phenols is 1. The summed E-state index contributed by atoms with van der Waals surface area (Å²) in [5, 5.41) is 28.0. The van der Waals surface area contributed by atoms with Gasteiger partial charge in [-0.2, -0.15) is 5.10 Å². The normalized spacial score (nSPS) is 14.1. The molecule has 192 valence electrons. The van der Waals surface area contributed by atoms with Crippen LogP contribution in [0.4, 0.5) is 5.82 Å². The summed E-state index contributed by atoms with van der Waals surface area (Å²) < 4.78 is 7.66. The van der Waals surface area contributed by atoms with Gasteiger partial charge in [0.05, 0.1) is 18.7 Å². The summed E-state index contributed by atoms with van der Waals surface area (Å²) >= 11 is 0. The molecule has 0 saturated carbocycles. The number of benzene rings is 1. The molecular formula is C28H36N4O4. The van der Waals surface area contributed by atoms with E-state index in [1.54, 1.807) is 10.7 Å². The van der Waals surface area contributed by atoms with Gasteiger partial charge < -0.3 is 20.3 Å². The van der Waals surface area contributed by atoms with Crippen LogP contribution in [0, 0.1) is 0 Å². The molecule has 4 rings (SSSR count). The first-order chi connectivity index (χ1) is 17.1. The van der Waals surface area contributed by atoms with E-state index in [1.807, 2.05) is 25.2 Å². The zero-order valence-corrected chi connectivity index (χ0v) is 21.5. The number of hydrogen-bond donors (Lipinski definition) is 3. The van der Waals surface area contributed by atoms with E-state index in [4.69, 9.17) is 9.72 Å². The Morgan fingerprint density at radius 3 is 2.75 bits per heavy atom. The van der Waals surface area contributed by atoms with E-state index in [0.717, 1.165) is 42.2 Å². The van der Waals surface area contributed by atoms with Gasteiger partial charge in [0.15, 0.2) is 0 Å². The van der Waals surface area contributed by atoms with Crippen LogP contribution in [-0.4, -0.2) is 44.1 Å². The number of carboxylic acids is 1. The summed E-state index contributed by atoms with van der Waals surface area (Å²) in [5.74, 6) is 0.362. The van der Waals surface area contributed by atoms with Crippen molar-refractivity contribution < 1.29 is 19.7 Å². The lowest BCUT2D eigenvalue weighted by molar-refractivity contribution is -0.137. The number of nitrogens with zero attached hydrogens (tertiary/aromatic N) is 3. The minimum Gasteiger partial charge on any atom is -0.508 e. The number of anilines is 1. The second kappa shape index (κ2) is 10.6. The molecule has 8 heteroatoms. The fourth-order valence-corrected chi connectivity index (χ4v) is 4.61. The molecule has 0 aliphatic carbocycles. The van der Waals surface area contributed by atoms with Crippen LogP contribution >= 0.6 is 0 Å². The monoisotopic (exact) mass is 492 g/mol. The van der Waals surface area contributed by atoms with Crippen molar-refractivity contribution in [3.8, 4) is 11.6 Å². The molecule has 0 amide bonds. The Bertz CT molecular complexity index is 1230. The number of carbonyl (C=O) groups is 1. The number of aryl methyl sites for hydroxylation is 2. The minimum absolute atomic E-state index is 0.105. The molecule has 1 aromatic carbocycles. The van der Waals surface area contributed by atoms with Gasteiger partial charge in [0.2, 0.25) is 5.88 Å². The van der Waals surface area contributed by atoms with Crippen LogP contribution in [0.25, 0.3) is 0 Å². The highest BCUT2D eigenvalue weighted by Crippen LogP contribution is 2.35. The fraction of sp³-hybridized carbons (Fsp3) is 0.464. The number of nitrogens with one attached hydrogen (secondary N) is 1. The third-order valence-corrected chi connectivity index (χ3v) is 6.66. The third kappa shape index (κ3) is 6.17. The summed E-state index contributed by atoms with van der Waals surface area (Å²) in [4.78, 5) is 16.4. The molecule has 2 aromatic heterocycles. The van der Waals surface area contributed by atoms with E-state index in [9.17, 15) is 15.0 Å². The molecule has 3 N–H and O–H groups in total. The SMILES string of the molecule is Cn1nc(CC(CC(=O)O)c2cc(C(C)(C)C)ccc2O)cc1OCCc1ccc2c(n1)NCCC2. The van der Waals surface area contributed by atoms with E-state index in [2.05, 4.69) is 43.3 Å². The number of aromatic nitrogens is 3. The van der Waals surface area contributed by atoms with Crippen molar-refractivity contribution in [2.45, 2.75) is 64.2 Å². The topological polar surface area (TPSA) is 110 Å². The molecule has 1 atom stereocenters. The maximum Gasteiger partial charge on any atom is 0.303 e. The summed E-state index contributed by atoms with van der Waals surface area (Å²) in [6.45, 7) is 7.69. The Morgan fingerprint density at radius 1 is 1.19 bits per heavy atom. The molecule has 3 heterocycles. The maximum atomic E-state index is 11.7. The zero-order valence-electron chi connectivity index (χ0n) is 21.5. The van der Waals surface area contributed by atoms with Crippen LogP contribution in [0.15, 0.2) is 36.4 Å². The number of ether oxygens (including phenoxy) is 1. The van der Waals surface area contributed by atoms with Gasteiger partial charge in [-0.25, -0.2) is 9.67 Å². The van der Waals surface area contributed by atoms with Crippen LogP contribution in [0.1, 0.15) is 67.6 Å². The number of pyridine rings is 1. The standard InChI is InChI=1S/C28H36N4O4/c1-28(2,3)20-8-10-24(33)23(16-20)19(15-26(34)35)14-22-17-25(32(4)31-22)36-13-11-21-9-7-18-6-5-12-29-27(18)30-21/h7-10,16-17,19,33H,5-6,11-15H2,1-4H3,(H,29,30)(H,34,35). The van der Waals surface area contributed by atoms with E-state index in [-0.39, 0.29) is 17.6 Å². The van der Waals surface area contributed by atoms with E-state index >= 15 is 0 Å². The Hall–Kier alpha value is -3.55. The summed E-state index contributed by atoms with van der Waals surface area (Å²) in [6, 6.07) is 11.5. The van der Waals surface area contributed by atoms with Gasteiger partial charge in [0.25, 0.3) is 0 Å². The number of carboxylic acid groups (broad SMARTS) is 1. The first kappa shape index (κ1) is 25.5. The van der Waals surface area contributed by atoms with Crippen molar-refractivity contribution in [3.63, 3.8) is 0 Å². The molecule has 8 nitrogen and oxygen atoms in total. The van der Waals surface area contributed by atoms with Crippen LogP contribution in [-0.2, 0) is 36.5 Å². The number of aromatic hydroxyl groups is 1. The van der Waals surface area contributed by atoms with E-state index in [1.165, 1.54) is 5.56 Å². The molecule has 1 aliphatic rings. The van der Waals surface area contributed by atoms with Gasteiger partial charge in [-0.05, 0) is 53.5 Å². The zero-order chi connectivity index (χ0) is 25.9. The molecule has 36 heavy (non-hydrogen) atoms. The predicted octanol–water partition coefficient (Wildman–Crippen LogP) is 4.60. The average Bonchev–Trinajstić information content (AvgIpc) is 3.16. The molecule has 1 aliphatic heterocycles. The van der Waals surface area contributed by atoms with Crippen molar-refractivity contribution >= 4 is 11.8 Å². The highest BCUT2D eigenvalue weighted by atomic mass is 16.5. The average molecular weight is 493 g/mol. The van der Waals surface area contributed by atoms with Crippen molar-refractivity contribution in [3.05, 3.63) is 64.5 Å². The fourth-order valence-electron chi connectivity index (χ4n) is 4.61. The molecule has 0 fully saturated rings. The van der Waals surface area contributed by atoms with Gasteiger partial charge in [0.1, 0.15) is 11.6 Å². The summed E-state index contributed by atoms with van der Waals surface area (Å²) in [6.07, 6.45) is 3.14. The van der Waals surface area contributed by atoms with Crippen LogP contribution < -0.4 is 10.1 Å². The Morgan fingerprint density at radius 2 is 2.00 bits per heavy atom. The van der Waals surface area contributed by atoms with Crippen LogP contribution in [0.5, 0.6) is 11.6 Å². The van der Waals surface area contributed by atoms with Gasteiger partial charge in [0, 0.05) is 37.7 Å². The molecule has 0 spiro atoms. The Labute approximate surface area is 212 Å². The first-order valence-corrected chi connectivity index (χ1v) is 12.5. The van der Waals surface area contributed by atoms with Crippen molar-refractivity contribution in [1.29, 1.82) is 0 Å². The number of aliphatic carboxylic acids is 1. The number of hydrogen-bond acceptors (Lipinski definition) is 6. The van der Waals surface area contributed by atoms with Crippen molar-refractivity contribution in [1.82, 2.24) is 14.8 Å². The van der Waals surface area contributed by atoms with Crippen molar-refractivity contribution in [2.75, 3.05) is 18.5 Å². The van der Waals surface area contributed by atoms with Crippen LogP contribution in [0.3, 0.4) is 0 Å². The van der Waals surface area contributed by atoms with Gasteiger partial charge in [-0.1, -0.05) is 39.0 Å². The minimum atomic E-state index is -0.917. The lowest BCUT2D eigenvalue weighted by Crippen LogP contribution is -2.14. The highest BCUT2D eigenvalue weighted by Gasteiger charge is 2.24. The summed E-state index contributed by atoms with van der Waals surface area (Å²) in [5.41, 5.74) is 4.51. The molecule has 1 unspecified atom stereocenters. The molecule has 0 saturated heterocycles. The third-order valence-electron chi connectivity index (χ3n) is 6.66. The van der Waals surface area contributed by atoms with Gasteiger partial charge in [-0.3, -0.25) is 4.79 Å². The number of rotatable bonds is 9. The van der Waals surface area contributed by atoms with Gasteiger partial charge >= 0.3 is 5.97 Å². The second-order valence-corrected chi connectivity index (χ2v) is 10.6. The molecule has 3 aromatic rings. The number of fused-ring (bicyclic) bond motifs is 1. The summed E-state index contributed by atoms with van der Waals surface area (Å²) in [7, 11) is 1.81. The molecule has 0 radical (unpaired) electrons. The van der Waals surface area contributed by atoms with Gasteiger partial charge in [-0.15, -0.1) is 0 Å². The Balaban J connectivity index is 1.45. The van der Waals surface area contributed by atoms with Crippen molar-refractivity contribution in [2.24, 2.45) is 7.05 Å². The maximum absolute atomic E-state index is 11.7. The van der Waals surface area contributed by atoms with E-state index < -0.39 is 11.9 Å². The Kier molecular flexibility index (Phi) is 7.52. The smallest absolute Gasteiger partial charge is 0.303 e. The first-order valence-electron chi connectivity index (χ1n) is 12.5. The highest BCUT2D eigenvalue weighted by molar-refractivity contribution is 5.68. The second-order valence-electron chi connectivity index (χ2n) is 10.6. The molecule has 0 bridgehead atoms. The predicted molar refractivity (Wildman–Crippen MR) is 139 cm³/mol. The molecular weight excluding hydrogens is 456 g/mol. The largest absolute Gasteiger partial charge is 0.508 e. The lowest BCUT2D eigenvalue weighted by Gasteiger charge is -2.23. The lowest BCUT2D eigenvalue weighted by atomic mass is 9.82.